The van der Waals surface area contributed by atoms with E-state index in [2.05, 4.69) is 5.32 Å². The van der Waals surface area contributed by atoms with Crippen LogP contribution in [0.15, 0.2) is 11.0 Å². The zero-order valence-electron chi connectivity index (χ0n) is 9.82. The van der Waals surface area contributed by atoms with E-state index in [1.54, 1.807) is 6.92 Å². The predicted molar refractivity (Wildman–Crippen MR) is 67.7 cm³/mol. The van der Waals surface area contributed by atoms with Crippen LogP contribution in [0.4, 0.5) is 0 Å². The monoisotopic (exact) mass is 276 g/mol. The average Bonchev–Trinajstić information content (AvgIpc) is 2.60. The van der Waals surface area contributed by atoms with Crippen molar-refractivity contribution in [2.45, 2.75) is 31.6 Å². The SMILES string of the molecule is CCCCNC(=O)c1cc(S(N)(=O)=O)c(C)s1. The molecule has 5 nitrogen and oxygen atoms in total. The zero-order valence-corrected chi connectivity index (χ0v) is 11.5. The molecule has 3 N–H and O–H groups in total. The van der Waals surface area contributed by atoms with Gasteiger partial charge in [-0.3, -0.25) is 4.79 Å². The van der Waals surface area contributed by atoms with Gasteiger partial charge in [0.2, 0.25) is 10.0 Å². The summed E-state index contributed by atoms with van der Waals surface area (Å²) in [6.07, 6.45) is 1.89. The van der Waals surface area contributed by atoms with Gasteiger partial charge < -0.3 is 5.32 Å². The van der Waals surface area contributed by atoms with E-state index >= 15 is 0 Å². The van der Waals surface area contributed by atoms with Gasteiger partial charge in [0.05, 0.1) is 9.77 Å². The second-order valence-corrected chi connectivity index (χ2v) is 6.47. The molecule has 0 aliphatic rings. The molecule has 1 amide bonds. The van der Waals surface area contributed by atoms with Crippen molar-refractivity contribution in [1.82, 2.24) is 5.32 Å². The van der Waals surface area contributed by atoms with Gasteiger partial charge in [0.1, 0.15) is 0 Å². The third-order valence-electron chi connectivity index (χ3n) is 2.22. The zero-order chi connectivity index (χ0) is 13.1. The summed E-state index contributed by atoms with van der Waals surface area (Å²) in [5.74, 6) is -0.249. The molecule has 0 aliphatic heterocycles. The van der Waals surface area contributed by atoms with Crippen LogP contribution in [0.25, 0.3) is 0 Å². The molecule has 0 fully saturated rings. The maximum Gasteiger partial charge on any atom is 0.261 e. The third kappa shape index (κ3) is 3.79. The topological polar surface area (TPSA) is 89.3 Å². The minimum absolute atomic E-state index is 0.0307. The standard InChI is InChI=1S/C10H16N2O3S2/c1-3-4-5-12-10(13)8-6-9(7(2)16-8)17(11,14)15/h6H,3-5H2,1-2H3,(H,12,13)(H2,11,14,15). The lowest BCUT2D eigenvalue weighted by atomic mass is 10.3. The molecule has 1 heterocycles. The van der Waals surface area contributed by atoms with Crippen molar-refractivity contribution in [1.29, 1.82) is 0 Å². The van der Waals surface area contributed by atoms with Crippen LogP contribution < -0.4 is 10.5 Å². The molecule has 0 radical (unpaired) electrons. The summed E-state index contributed by atoms with van der Waals surface area (Å²) >= 11 is 1.14. The highest BCUT2D eigenvalue weighted by Crippen LogP contribution is 2.24. The lowest BCUT2D eigenvalue weighted by molar-refractivity contribution is 0.0957. The first-order valence-electron chi connectivity index (χ1n) is 5.27. The molecular weight excluding hydrogens is 260 g/mol. The number of rotatable bonds is 5. The number of sulfonamides is 1. The summed E-state index contributed by atoms with van der Waals surface area (Å²) in [5.41, 5.74) is 0. The summed E-state index contributed by atoms with van der Waals surface area (Å²) in [6, 6.07) is 1.33. The number of carbonyl (C=O) groups excluding carboxylic acids is 1. The van der Waals surface area contributed by atoms with Crippen LogP contribution in [0.1, 0.15) is 34.3 Å². The Morgan fingerprint density at radius 2 is 2.18 bits per heavy atom. The molecule has 0 bridgehead atoms. The van der Waals surface area contributed by atoms with Crippen LogP contribution in [-0.2, 0) is 10.0 Å². The summed E-state index contributed by atoms with van der Waals surface area (Å²) in [6.45, 7) is 4.25. The van der Waals surface area contributed by atoms with Gasteiger partial charge in [0, 0.05) is 11.4 Å². The van der Waals surface area contributed by atoms with Gasteiger partial charge in [-0.1, -0.05) is 13.3 Å². The number of unbranched alkanes of at least 4 members (excludes halogenated alkanes) is 1. The van der Waals surface area contributed by atoms with Gasteiger partial charge in [-0.15, -0.1) is 11.3 Å². The van der Waals surface area contributed by atoms with E-state index in [9.17, 15) is 13.2 Å². The lowest BCUT2D eigenvalue weighted by Crippen LogP contribution is -2.23. The molecule has 96 valence electrons. The van der Waals surface area contributed by atoms with Crippen molar-refractivity contribution in [3.8, 4) is 0 Å². The Bertz CT molecular complexity index is 506. The fourth-order valence-corrected chi connectivity index (χ4v) is 3.39. The fraction of sp³-hybridized carbons (Fsp3) is 0.500. The van der Waals surface area contributed by atoms with E-state index in [0.717, 1.165) is 24.2 Å². The fourth-order valence-electron chi connectivity index (χ4n) is 1.33. The van der Waals surface area contributed by atoms with Crippen molar-refractivity contribution in [2.75, 3.05) is 6.54 Å². The van der Waals surface area contributed by atoms with Crippen molar-refractivity contribution in [3.63, 3.8) is 0 Å². The smallest absolute Gasteiger partial charge is 0.261 e. The van der Waals surface area contributed by atoms with Gasteiger partial charge >= 0.3 is 0 Å². The Kier molecular flexibility index (Phi) is 4.67. The molecule has 1 rings (SSSR count). The van der Waals surface area contributed by atoms with E-state index in [-0.39, 0.29) is 10.8 Å². The highest BCUT2D eigenvalue weighted by molar-refractivity contribution is 7.89. The van der Waals surface area contributed by atoms with Crippen LogP contribution in [0.5, 0.6) is 0 Å². The van der Waals surface area contributed by atoms with E-state index in [1.165, 1.54) is 6.07 Å². The molecule has 1 aromatic rings. The highest BCUT2D eigenvalue weighted by Gasteiger charge is 2.18. The van der Waals surface area contributed by atoms with E-state index in [4.69, 9.17) is 5.14 Å². The van der Waals surface area contributed by atoms with Gasteiger partial charge in [0.15, 0.2) is 0 Å². The van der Waals surface area contributed by atoms with Crippen molar-refractivity contribution >= 4 is 27.3 Å². The average molecular weight is 276 g/mol. The minimum Gasteiger partial charge on any atom is -0.351 e. The normalized spacial score (nSPS) is 11.5. The van der Waals surface area contributed by atoms with Crippen molar-refractivity contribution < 1.29 is 13.2 Å². The van der Waals surface area contributed by atoms with E-state index in [0.29, 0.717) is 16.3 Å². The van der Waals surface area contributed by atoms with Crippen LogP contribution in [-0.4, -0.2) is 20.9 Å². The lowest BCUT2D eigenvalue weighted by Gasteiger charge is -2.00. The van der Waals surface area contributed by atoms with Gasteiger partial charge in [-0.25, -0.2) is 13.6 Å². The number of aryl methyl sites for hydroxylation is 1. The minimum atomic E-state index is -3.74. The molecule has 0 saturated carbocycles. The molecular formula is C10H16N2O3S2. The Labute approximate surface area is 105 Å². The highest BCUT2D eigenvalue weighted by atomic mass is 32.2. The van der Waals surface area contributed by atoms with Crippen LogP contribution in [0.3, 0.4) is 0 Å². The first-order chi connectivity index (χ1) is 7.86. The van der Waals surface area contributed by atoms with Crippen LogP contribution in [0.2, 0.25) is 0 Å². The second-order valence-electron chi connectivity index (χ2n) is 3.69. The van der Waals surface area contributed by atoms with Gasteiger partial charge in [0.25, 0.3) is 5.91 Å². The molecule has 0 spiro atoms. The number of thiophene rings is 1. The maximum absolute atomic E-state index is 11.7. The predicted octanol–water partition coefficient (Wildman–Crippen LogP) is 1.23. The third-order valence-corrected chi connectivity index (χ3v) is 4.43. The number of hydrogen-bond donors (Lipinski definition) is 2. The number of amides is 1. The number of nitrogens with two attached hydrogens (primary N) is 1. The van der Waals surface area contributed by atoms with Crippen molar-refractivity contribution in [3.05, 3.63) is 15.8 Å². The molecule has 17 heavy (non-hydrogen) atoms. The Hall–Kier alpha value is -0.920. The first-order valence-corrected chi connectivity index (χ1v) is 7.64. The molecule has 0 aliphatic carbocycles. The number of hydrogen-bond acceptors (Lipinski definition) is 4. The van der Waals surface area contributed by atoms with Gasteiger partial charge in [-0.05, 0) is 19.4 Å². The molecule has 0 saturated heterocycles. The first kappa shape index (κ1) is 14.1. The number of carbonyl (C=O) groups is 1. The van der Waals surface area contributed by atoms with Gasteiger partial charge in [-0.2, -0.15) is 0 Å². The molecule has 0 aromatic carbocycles. The molecule has 0 unspecified atom stereocenters. The largest absolute Gasteiger partial charge is 0.351 e. The number of nitrogens with one attached hydrogen (secondary N) is 1. The summed E-state index contributed by atoms with van der Waals surface area (Å²) in [4.78, 5) is 12.6. The second kappa shape index (κ2) is 5.61. The van der Waals surface area contributed by atoms with E-state index in [1.807, 2.05) is 6.92 Å². The van der Waals surface area contributed by atoms with Crippen LogP contribution >= 0.6 is 11.3 Å². The summed E-state index contributed by atoms with van der Waals surface area (Å²) in [7, 11) is -3.74. The summed E-state index contributed by atoms with van der Waals surface area (Å²) in [5, 5.41) is 7.77. The Morgan fingerprint density at radius 3 is 2.65 bits per heavy atom. The maximum atomic E-state index is 11.7. The van der Waals surface area contributed by atoms with Crippen molar-refractivity contribution in [2.24, 2.45) is 5.14 Å². The molecule has 0 atom stereocenters. The number of primary sulfonamides is 1. The Balaban J connectivity index is 2.83. The Morgan fingerprint density at radius 1 is 1.53 bits per heavy atom. The summed E-state index contributed by atoms with van der Waals surface area (Å²) < 4.78 is 22.4. The molecule has 1 aromatic heterocycles. The van der Waals surface area contributed by atoms with Crippen LogP contribution in [0, 0.1) is 6.92 Å². The molecule has 7 heteroatoms. The van der Waals surface area contributed by atoms with E-state index < -0.39 is 10.0 Å². The quantitative estimate of drug-likeness (QED) is 0.793.